The molecule has 6 nitrogen and oxygen atoms in total. The SMILES string of the molecule is COc1ccc([C@@H]2CC(c3cc(Cl)ccc3O)=NC3(CCN(C(C)C)CC3)N2)cc1OC. The average molecular weight is 458 g/mol. The van der Waals surface area contributed by atoms with Crippen molar-refractivity contribution < 1.29 is 14.6 Å². The summed E-state index contributed by atoms with van der Waals surface area (Å²) >= 11 is 6.27. The molecule has 2 aromatic carbocycles. The number of benzene rings is 2. The summed E-state index contributed by atoms with van der Waals surface area (Å²) in [7, 11) is 3.29. The number of hydrogen-bond donors (Lipinski definition) is 2. The number of ether oxygens (including phenoxy) is 2. The Balaban J connectivity index is 1.73. The van der Waals surface area contributed by atoms with Gasteiger partial charge in [0.15, 0.2) is 11.5 Å². The van der Waals surface area contributed by atoms with Crippen LogP contribution in [-0.2, 0) is 0 Å². The third-order valence-electron chi connectivity index (χ3n) is 6.62. The Bertz CT molecular complexity index is 1000. The summed E-state index contributed by atoms with van der Waals surface area (Å²) in [6.07, 6.45) is 2.44. The van der Waals surface area contributed by atoms with Gasteiger partial charge in [0.25, 0.3) is 0 Å². The van der Waals surface area contributed by atoms with Gasteiger partial charge < -0.3 is 19.5 Å². The van der Waals surface area contributed by atoms with Gasteiger partial charge in [-0.3, -0.25) is 10.3 Å². The second-order valence-electron chi connectivity index (χ2n) is 8.90. The van der Waals surface area contributed by atoms with Gasteiger partial charge in [-0.1, -0.05) is 17.7 Å². The molecule has 1 spiro atoms. The Labute approximate surface area is 195 Å². The largest absolute Gasteiger partial charge is 0.507 e. The minimum atomic E-state index is -0.383. The lowest BCUT2D eigenvalue weighted by Gasteiger charge is -2.46. The van der Waals surface area contributed by atoms with E-state index in [2.05, 4.69) is 30.1 Å². The number of rotatable bonds is 5. The van der Waals surface area contributed by atoms with E-state index in [9.17, 15) is 5.11 Å². The predicted octanol–water partition coefficient (Wildman–Crippen LogP) is 4.79. The molecule has 172 valence electrons. The molecule has 7 heteroatoms. The third-order valence-corrected chi connectivity index (χ3v) is 6.86. The Morgan fingerprint density at radius 3 is 2.47 bits per heavy atom. The van der Waals surface area contributed by atoms with Gasteiger partial charge in [-0.25, -0.2) is 0 Å². The second kappa shape index (κ2) is 9.30. The van der Waals surface area contributed by atoms with Gasteiger partial charge in [-0.15, -0.1) is 0 Å². The molecule has 0 aromatic heterocycles. The van der Waals surface area contributed by atoms with E-state index in [0.717, 1.165) is 37.2 Å². The first kappa shape index (κ1) is 22.9. The second-order valence-corrected chi connectivity index (χ2v) is 9.33. The summed E-state index contributed by atoms with van der Waals surface area (Å²) in [6, 6.07) is 11.7. The van der Waals surface area contributed by atoms with E-state index in [4.69, 9.17) is 26.1 Å². The first-order valence-corrected chi connectivity index (χ1v) is 11.5. The number of phenolic OH excluding ortho intramolecular Hbond substituents is 1. The zero-order valence-electron chi connectivity index (χ0n) is 19.2. The van der Waals surface area contributed by atoms with Crippen LogP contribution in [0.25, 0.3) is 0 Å². The van der Waals surface area contributed by atoms with Crippen LogP contribution in [0.5, 0.6) is 17.2 Å². The number of halogens is 1. The summed E-state index contributed by atoms with van der Waals surface area (Å²) < 4.78 is 11.0. The van der Waals surface area contributed by atoms with Crippen molar-refractivity contribution in [3.8, 4) is 17.2 Å². The fourth-order valence-electron chi connectivity index (χ4n) is 4.75. The summed E-state index contributed by atoms with van der Waals surface area (Å²) in [4.78, 5) is 7.68. The first-order chi connectivity index (χ1) is 15.3. The highest BCUT2D eigenvalue weighted by molar-refractivity contribution is 6.31. The molecule has 1 saturated heterocycles. The van der Waals surface area contributed by atoms with Crippen LogP contribution in [0.2, 0.25) is 5.02 Å². The highest BCUT2D eigenvalue weighted by Gasteiger charge is 2.41. The number of hydrogen-bond acceptors (Lipinski definition) is 6. The summed E-state index contributed by atoms with van der Waals surface area (Å²) in [5.41, 5.74) is 2.30. The Morgan fingerprint density at radius 1 is 1.09 bits per heavy atom. The molecule has 2 aliphatic heterocycles. The van der Waals surface area contributed by atoms with Crippen LogP contribution in [0.3, 0.4) is 0 Å². The molecule has 2 aromatic rings. The number of nitrogens with one attached hydrogen (secondary N) is 1. The maximum atomic E-state index is 10.6. The molecule has 0 amide bonds. The lowest BCUT2D eigenvalue weighted by Crippen LogP contribution is -2.56. The lowest BCUT2D eigenvalue weighted by molar-refractivity contribution is 0.103. The fraction of sp³-hybridized carbons (Fsp3) is 0.480. The van der Waals surface area contributed by atoms with Gasteiger partial charge >= 0.3 is 0 Å². The van der Waals surface area contributed by atoms with Crippen molar-refractivity contribution in [2.45, 2.75) is 50.9 Å². The molecule has 2 heterocycles. The van der Waals surface area contributed by atoms with Crippen LogP contribution < -0.4 is 14.8 Å². The molecule has 2 aliphatic rings. The number of aromatic hydroxyl groups is 1. The van der Waals surface area contributed by atoms with E-state index in [1.165, 1.54) is 0 Å². The molecule has 0 saturated carbocycles. The number of nitrogens with zero attached hydrogens (tertiary/aromatic N) is 2. The lowest BCUT2D eigenvalue weighted by atomic mass is 9.87. The zero-order chi connectivity index (χ0) is 22.9. The molecule has 0 aliphatic carbocycles. The fourth-order valence-corrected chi connectivity index (χ4v) is 4.92. The minimum absolute atomic E-state index is 0.0197. The maximum Gasteiger partial charge on any atom is 0.161 e. The number of aliphatic imine (C=N–C) groups is 1. The summed E-state index contributed by atoms with van der Waals surface area (Å²) in [6.45, 7) is 6.41. The van der Waals surface area contributed by atoms with Crippen LogP contribution in [0.4, 0.5) is 0 Å². The molecule has 1 atom stereocenters. The zero-order valence-corrected chi connectivity index (χ0v) is 19.9. The number of piperidine rings is 1. The van der Waals surface area contributed by atoms with E-state index < -0.39 is 0 Å². The monoisotopic (exact) mass is 457 g/mol. The molecular weight excluding hydrogens is 426 g/mol. The maximum absolute atomic E-state index is 10.6. The van der Waals surface area contributed by atoms with E-state index in [1.54, 1.807) is 26.4 Å². The van der Waals surface area contributed by atoms with Gasteiger partial charge in [0.1, 0.15) is 11.4 Å². The van der Waals surface area contributed by atoms with Crippen LogP contribution in [-0.4, -0.2) is 54.7 Å². The van der Waals surface area contributed by atoms with E-state index >= 15 is 0 Å². The van der Waals surface area contributed by atoms with Gasteiger partial charge in [-0.05, 0) is 62.6 Å². The minimum Gasteiger partial charge on any atom is -0.507 e. The highest BCUT2D eigenvalue weighted by atomic mass is 35.5. The summed E-state index contributed by atoms with van der Waals surface area (Å²) in [5.74, 6) is 1.61. The Hall–Kier alpha value is -2.28. The molecule has 1 fully saturated rings. The van der Waals surface area contributed by atoms with E-state index in [-0.39, 0.29) is 17.5 Å². The topological polar surface area (TPSA) is 66.3 Å². The smallest absolute Gasteiger partial charge is 0.161 e. The van der Waals surface area contributed by atoms with Crippen molar-refractivity contribution >= 4 is 17.3 Å². The summed E-state index contributed by atoms with van der Waals surface area (Å²) in [5, 5.41) is 15.0. The van der Waals surface area contributed by atoms with Gasteiger partial charge in [0.05, 0.1) is 14.2 Å². The average Bonchev–Trinajstić information content (AvgIpc) is 2.80. The van der Waals surface area contributed by atoms with Gasteiger partial charge in [0, 0.05) is 47.9 Å². The first-order valence-electron chi connectivity index (χ1n) is 11.2. The highest BCUT2D eigenvalue weighted by Crippen LogP contribution is 2.39. The number of likely N-dealkylation sites (tertiary alicyclic amines) is 1. The Kier molecular flexibility index (Phi) is 6.65. The standard InChI is InChI=1S/C25H32ClN3O3/c1-16(2)29-11-9-25(10-12-29)27-20(17-5-8-23(31-3)24(13-17)32-4)15-21(28-25)19-14-18(26)6-7-22(19)30/h5-8,13-14,16,20,27,30H,9-12,15H2,1-4H3/t20-/m0/s1. The third kappa shape index (κ3) is 4.58. The predicted molar refractivity (Wildman–Crippen MR) is 128 cm³/mol. The number of phenols is 1. The van der Waals surface area contributed by atoms with Crippen molar-refractivity contribution in [2.75, 3.05) is 27.3 Å². The van der Waals surface area contributed by atoms with E-state index in [1.807, 2.05) is 18.2 Å². The molecule has 2 N–H and O–H groups in total. The van der Waals surface area contributed by atoms with E-state index in [0.29, 0.717) is 34.5 Å². The van der Waals surface area contributed by atoms with Crippen LogP contribution in [0.15, 0.2) is 41.4 Å². The number of methoxy groups -OCH3 is 2. The van der Waals surface area contributed by atoms with Crippen molar-refractivity contribution in [3.05, 3.63) is 52.5 Å². The molecule has 4 rings (SSSR count). The van der Waals surface area contributed by atoms with Crippen molar-refractivity contribution in [1.82, 2.24) is 10.2 Å². The van der Waals surface area contributed by atoms with Gasteiger partial charge in [0.2, 0.25) is 0 Å². The molecule has 0 bridgehead atoms. The molecule has 32 heavy (non-hydrogen) atoms. The Morgan fingerprint density at radius 2 is 1.81 bits per heavy atom. The quantitative estimate of drug-likeness (QED) is 0.675. The van der Waals surface area contributed by atoms with Crippen molar-refractivity contribution in [3.63, 3.8) is 0 Å². The molecular formula is C25H32ClN3O3. The van der Waals surface area contributed by atoms with Crippen molar-refractivity contribution in [1.29, 1.82) is 0 Å². The van der Waals surface area contributed by atoms with Gasteiger partial charge in [-0.2, -0.15) is 0 Å². The van der Waals surface area contributed by atoms with Crippen LogP contribution in [0, 0.1) is 0 Å². The van der Waals surface area contributed by atoms with Crippen molar-refractivity contribution in [2.24, 2.45) is 4.99 Å². The van der Waals surface area contributed by atoms with Crippen LogP contribution >= 0.6 is 11.6 Å². The molecule has 0 radical (unpaired) electrons. The van der Waals surface area contributed by atoms with Crippen LogP contribution in [0.1, 0.15) is 50.3 Å². The molecule has 0 unspecified atom stereocenters. The normalized spacial score (nSPS) is 20.9.